The number of aromatic nitrogens is 2. The third-order valence-electron chi connectivity index (χ3n) is 5.80. The van der Waals surface area contributed by atoms with E-state index in [2.05, 4.69) is 109 Å². The van der Waals surface area contributed by atoms with E-state index in [1.807, 2.05) is 0 Å². The molecule has 0 aliphatic heterocycles. The minimum atomic E-state index is 0.175. The second kappa shape index (κ2) is 6.72. The van der Waals surface area contributed by atoms with Crippen molar-refractivity contribution in [2.75, 3.05) is 0 Å². The maximum Gasteiger partial charge on any atom is 0.0457 e. The lowest BCUT2D eigenvalue weighted by Crippen LogP contribution is -2.03. The Morgan fingerprint density at radius 2 is 1.04 bits per heavy atom. The third kappa shape index (κ3) is 2.73. The Morgan fingerprint density at radius 1 is 0.571 bits per heavy atom. The quantitative estimate of drug-likeness (QED) is 0.346. The maximum atomic E-state index is 3.47. The van der Waals surface area contributed by atoms with Crippen molar-refractivity contribution in [1.29, 1.82) is 0 Å². The van der Waals surface area contributed by atoms with E-state index >= 15 is 0 Å². The van der Waals surface area contributed by atoms with Crippen LogP contribution in [0.3, 0.4) is 0 Å². The average molecular weight is 364 g/mol. The summed E-state index contributed by atoms with van der Waals surface area (Å²) in [5.74, 6) is 0.710. The minimum Gasteiger partial charge on any atom is -0.361 e. The van der Waals surface area contributed by atoms with Crippen LogP contribution in [-0.2, 0) is 0 Å². The van der Waals surface area contributed by atoms with Crippen molar-refractivity contribution in [3.63, 3.8) is 0 Å². The molecule has 0 spiro atoms. The third-order valence-corrected chi connectivity index (χ3v) is 5.80. The Kier molecular flexibility index (Phi) is 4.05. The predicted octanol–water partition coefficient (Wildman–Crippen LogP) is 6.95. The monoisotopic (exact) mass is 364 g/mol. The summed E-state index contributed by atoms with van der Waals surface area (Å²) >= 11 is 0. The van der Waals surface area contributed by atoms with Crippen molar-refractivity contribution in [1.82, 2.24) is 9.97 Å². The highest BCUT2D eigenvalue weighted by Gasteiger charge is 2.23. The van der Waals surface area contributed by atoms with E-state index in [1.165, 1.54) is 44.1 Å². The number of benzene rings is 3. The fourth-order valence-electron chi connectivity index (χ4n) is 4.27. The average Bonchev–Trinajstić information content (AvgIpc) is 3.34. The molecule has 2 heterocycles. The molecule has 0 atom stereocenters. The molecule has 0 saturated heterocycles. The van der Waals surface area contributed by atoms with Crippen LogP contribution in [0, 0.1) is 0 Å². The van der Waals surface area contributed by atoms with Crippen LogP contribution in [0.5, 0.6) is 0 Å². The lowest BCUT2D eigenvalue weighted by atomic mass is 9.84. The van der Waals surface area contributed by atoms with Gasteiger partial charge in [-0.05, 0) is 40.3 Å². The second-order valence-corrected chi connectivity index (χ2v) is 7.83. The summed E-state index contributed by atoms with van der Waals surface area (Å²) in [7, 11) is 0. The Bertz CT molecular complexity index is 1160. The van der Waals surface area contributed by atoms with Crippen LogP contribution < -0.4 is 0 Å². The van der Waals surface area contributed by atoms with Gasteiger partial charge in [0.1, 0.15) is 0 Å². The Morgan fingerprint density at radius 3 is 1.54 bits per heavy atom. The molecule has 138 valence electrons. The van der Waals surface area contributed by atoms with Crippen molar-refractivity contribution in [2.24, 2.45) is 0 Å². The van der Waals surface area contributed by atoms with Gasteiger partial charge in [-0.1, -0.05) is 74.5 Å². The zero-order valence-electron chi connectivity index (χ0n) is 16.2. The first-order chi connectivity index (χ1) is 13.7. The number of fused-ring (bicyclic) bond motifs is 2. The summed E-state index contributed by atoms with van der Waals surface area (Å²) in [6, 6.07) is 26.3. The lowest BCUT2D eigenvalue weighted by Gasteiger charge is -2.18. The molecule has 2 heteroatoms. The summed E-state index contributed by atoms with van der Waals surface area (Å²) in [6.45, 7) is 4.48. The lowest BCUT2D eigenvalue weighted by molar-refractivity contribution is 0.863. The molecular formula is C26H24N2. The van der Waals surface area contributed by atoms with Crippen LogP contribution in [0.2, 0.25) is 0 Å². The Balaban J connectivity index is 1.75. The molecule has 3 aromatic carbocycles. The number of nitrogens with one attached hydrogen (secondary N) is 2. The van der Waals surface area contributed by atoms with Crippen molar-refractivity contribution >= 4 is 21.8 Å². The van der Waals surface area contributed by atoms with Gasteiger partial charge in [0.05, 0.1) is 0 Å². The molecule has 2 N–H and O–H groups in total. The standard InChI is InChI=1S/C26H24N2/c1-17(2)18-11-13-19(14-12-18)26(22-15-27-24-9-5-3-7-20(22)24)23-16-28-25-10-6-4-8-21(23)25/h3-17,26-28H,1-2H3. The van der Waals surface area contributed by atoms with Crippen molar-refractivity contribution < 1.29 is 0 Å². The highest BCUT2D eigenvalue weighted by molar-refractivity contribution is 5.89. The van der Waals surface area contributed by atoms with E-state index in [4.69, 9.17) is 0 Å². The first-order valence-corrected chi connectivity index (χ1v) is 9.94. The molecule has 2 aromatic heterocycles. The molecule has 0 fully saturated rings. The zero-order valence-corrected chi connectivity index (χ0v) is 16.2. The summed E-state index contributed by atoms with van der Waals surface area (Å²) in [5.41, 5.74) is 7.69. The number of hydrogen-bond donors (Lipinski definition) is 2. The van der Waals surface area contributed by atoms with Gasteiger partial charge in [0, 0.05) is 40.1 Å². The van der Waals surface area contributed by atoms with Crippen molar-refractivity contribution in [3.8, 4) is 0 Å². The molecule has 0 bridgehead atoms. The van der Waals surface area contributed by atoms with Gasteiger partial charge in [-0.2, -0.15) is 0 Å². The molecule has 0 saturated carbocycles. The largest absolute Gasteiger partial charge is 0.361 e. The molecule has 0 aliphatic rings. The smallest absolute Gasteiger partial charge is 0.0457 e. The van der Waals surface area contributed by atoms with Crippen molar-refractivity contribution in [2.45, 2.75) is 25.7 Å². The van der Waals surface area contributed by atoms with Crippen LogP contribution >= 0.6 is 0 Å². The predicted molar refractivity (Wildman–Crippen MR) is 118 cm³/mol. The number of para-hydroxylation sites is 2. The fraction of sp³-hybridized carbons (Fsp3) is 0.154. The summed E-state index contributed by atoms with van der Waals surface area (Å²) in [5, 5.41) is 2.57. The van der Waals surface area contributed by atoms with Gasteiger partial charge in [0.2, 0.25) is 0 Å². The van der Waals surface area contributed by atoms with E-state index in [9.17, 15) is 0 Å². The molecule has 0 radical (unpaired) electrons. The number of H-pyrrole nitrogens is 2. The fourth-order valence-corrected chi connectivity index (χ4v) is 4.27. The van der Waals surface area contributed by atoms with E-state index in [-0.39, 0.29) is 5.92 Å². The van der Waals surface area contributed by atoms with Crippen LogP contribution in [0.1, 0.15) is 47.9 Å². The van der Waals surface area contributed by atoms with Gasteiger partial charge in [0.25, 0.3) is 0 Å². The highest BCUT2D eigenvalue weighted by atomic mass is 14.7. The molecule has 0 aliphatic carbocycles. The first-order valence-electron chi connectivity index (χ1n) is 9.94. The van der Waals surface area contributed by atoms with Gasteiger partial charge in [-0.25, -0.2) is 0 Å². The van der Waals surface area contributed by atoms with Crippen LogP contribution in [0.4, 0.5) is 0 Å². The van der Waals surface area contributed by atoms with E-state index < -0.39 is 0 Å². The maximum absolute atomic E-state index is 3.47. The van der Waals surface area contributed by atoms with Gasteiger partial charge < -0.3 is 9.97 Å². The van der Waals surface area contributed by atoms with Crippen LogP contribution in [-0.4, -0.2) is 9.97 Å². The SMILES string of the molecule is CC(C)c1ccc(C(c2c[nH]c3ccccc23)c2c[nH]c3ccccc23)cc1. The Labute approximate surface area is 165 Å². The van der Waals surface area contributed by atoms with E-state index in [1.54, 1.807) is 0 Å². The molecule has 28 heavy (non-hydrogen) atoms. The van der Waals surface area contributed by atoms with Gasteiger partial charge in [-0.3, -0.25) is 0 Å². The normalized spacial score (nSPS) is 11.9. The van der Waals surface area contributed by atoms with Gasteiger partial charge in [-0.15, -0.1) is 0 Å². The molecule has 5 rings (SSSR count). The summed E-state index contributed by atoms with van der Waals surface area (Å²) < 4.78 is 0. The summed E-state index contributed by atoms with van der Waals surface area (Å²) in [4.78, 5) is 6.94. The number of hydrogen-bond acceptors (Lipinski definition) is 0. The highest BCUT2D eigenvalue weighted by Crippen LogP contribution is 2.39. The first kappa shape index (κ1) is 16.9. The number of aromatic amines is 2. The summed E-state index contributed by atoms with van der Waals surface area (Å²) in [6.07, 6.45) is 4.35. The molecule has 0 unspecified atom stereocenters. The van der Waals surface area contributed by atoms with Crippen LogP contribution in [0.25, 0.3) is 21.8 Å². The molecule has 5 aromatic rings. The van der Waals surface area contributed by atoms with Gasteiger partial charge >= 0.3 is 0 Å². The Hall–Kier alpha value is -3.26. The second-order valence-electron chi connectivity index (χ2n) is 7.83. The van der Waals surface area contributed by atoms with Crippen molar-refractivity contribution in [3.05, 3.63) is 107 Å². The van der Waals surface area contributed by atoms with Crippen LogP contribution in [0.15, 0.2) is 85.2 Å². The van der Waals surface area contributed by atoms with E-state index in [0.29, 0.717) is 5.92 Å². The zero-order chi connectivity index (χ0) is 19.1. The molecule has 0 amide bonds. The number of rotatable bonds is 4. The molecule has 2 nitrogen and oxygen atoms in total. The molecular weight excluding hydrogens is 340 g/mol. The topological polar surface area (TPSA) is 31.6 Å². The van der Waals surface area contributed by atoms with E-state index in [0.717, 1.165) is 0 Å². The minimum absolute atomic E-state index is 0.175. The van der Waals surface area contributed by atoms with Gasteiger partial charge in [0.15, 0.2) is 0 Å².